The number of nitrogens with one attached hydrogen (secondary N) is 2. The highest BCUT2D eigenvalue weighted by Crippen LogP contribution is 2.27. The number of hydrogen-bond donors (Lipinski definition) is 3. The second kappa shape index (κ2) is 7.39. The summed E-state index contributed by atoms with van der Waals surface area (Å²) in [7, 11) is 1.50. The number of carbonyl (C=O) groups excluding carboxylic acids is 1. The molecular formula is C16H19ClN2O4. The van der Waals surface area contributed by atoms with E-state index in [1.165, 1.54) is 13.4 Å². The van der Waals surface area contributed by atoms with E-state index < -0.39 is 11.6 Å². The van der Waals surface area contributed by atoms with Crippen LogP contribution in [0.15, 0.2) is 41.0 Å². The molecule has 1 atom stereocenters. The first-order valence-electron chi connectivity index (χ1n) is 7.03. The van der Waals surface area contributed by atoms with Crippen molar-refractivity contribution in [3.8, 4) is 5.75 Å². The number of methoxy groups -OCH3 is 1. The first kappa shape index (κ1) is 17.2. The molecule has 1 aromatic heterocycles. The van der Waals surface area contributed by atoms with Crippen molar-refractivity contribution in [2.24, 2.45) is 0 Å². The summed E-state index contributed by atoms with van der Waals surface area (Å²) in [6.45, 7) is 1.68. The van der Waals surface area contributed by atoms with Gasteiger partial charge in [-0.2, -0.15) is 0 Å². The van der Waals surface area contributed by atoms with Crippen molar-refractivity contribution in [1.82, 2.24) is 5.32 Å². The van der Waals surface area contributed by atoms with Crippen LogP contribution in [0.5, 0.6) is 5.75 Å². The van der Waals surface area contributed by atoms with E-state index in [1.807, 2.05) is 0 Å². The molecule has 1 unspecified atom stereocenters. The SMILES string of the molecule is COc1ccc(Cl)cc1NC(=O)NCC(C)(O)Cc1ccco1. The Morgan fingerprint density at radius 2 is 2.22 bits per heavy atom. The number of rotatable bonds is 6. The minimum Gasteiger partial charge on any atom is -0.495 e. The third kappa shape index (κ3) is 5.19. The van der Waals surface area contributed by atoms with Crippen LogP contribution in [0, 0.1) is 0 Å². The summed E-state index contributed by atoms with van der Waals surface area (Å²) >= 11 is 5.91. The van der Waals surface area contributed by atoms with E-state index in [-0.39, 0.29) is 6.54 Å². The number of hydrogen-bond acceptors (Lipinski definition) is 4. The fraction of sp³-hybridized carbons (Fsp3) is 0.312. The van der Waals surface area contributed by atoms with Crippen LogP contribution >= 0.6 is 11.6 Å². The van der Waals surface area contributed by atoms with Crippen LogP contribution < -0.4 is 15.4 Å². The summed E-state index contributed by atoms with van der Waals surface area (Å²) in [6.07, 6.45) is 1.83. The van der Waals surface area contributed by atoms with Gasteiger partial charge in [0.1, 0.15) is 11.5 Å². The second-order valence-corrected chi connectivity index (χ2v) is 5.84. The molecule has 7 heteroatoms. The van der Waals surface area contributed by atoms with Gasteiger partial charge < -0.3 is 24.9 Å². The minimum absolute atomic E-state index is 0.0580. The third-order valence-corrected chi connectivity index (χ3v) is 3.41. The van der Waals surface area contributed by atoms with E-state index in [0.29, 0.717) is 28.6 Å². The highest BCUT2D eigenvalue weighted by atomic mass is 35.5. The number of furan rings is 1. The molecule has 3 N–H and O–H groups in total. The normalized spacial score (nSPS) is 13.2. The van der Waals surface area contributed by atoms with Crippen molar-refractivity contribution >= 4 is 23.3 Å². The van der Waals surface area contributed by atoms with Crippen LogP contribution in [-0.2, 0) is 6.42 Å². The van der Waals surface area contributed by atoms with Crippen LogP contribution in [-0.4, -0.2) is 30.4 Å². The van der Waals surface area contributed by atoms with Crippen molar-refractivity contribution in [1.29, 1.82) is 0 Å². The Kier molecular flexibility index (Phi) is 5.52. The fourth-order valence-electron chi connectivity index (χ4n) is 2.07. The average Bonchev–Trinajstić information content (AvgIpc) is 2.98. The summed E-state index contributed by atoms with van der Waals surface area (Å²) in [5.41, 5.74) is -0.684. The number of urea groups is 1. The minimum atomic E-state index is -1.13. The standard InChI is InChI=1S/C16H19ClN2O4/c1-16(21,9-12-4-3-7-23-12)10-18-15(20)19-13-8-11(17)5-6-14(13)22-2/h3-8,21H,9-10H2,1-2H3,(H2,18,19,20). The Labute approximate surface area is 139 Å². The van der Waals surface area contributed by atoms with Gasteiger partial charge in [0.05, 0.1) is 24.7 Å². The monoisotopic (exact) mass is 338 g/mol. The Morgan fingerprint density at radius 1 is 1.43 bits per heavy atom. The molecule has 23 heavy (non-hydrogen) atoms. The molecule has 0 saturated heterocycles. The van der Waals surface area contributed by atoms with Gasteiger partial charge >= 0.3 is 6.03 Å². The lowest BCUT2D eigenvalue weighted by molar-refractivity contribution is 0.0577. The van der Waals surface area contributed by atoms with Gasteiger partial charge in [0, 0.05) is 18.0 Å². The third-order valence-electron chi connectivity index (χ3n) is 3.17. The van der Waals surface area contributed by atoms with E-state index >= 15 is 0 Å². The highest BCUT2D eigenvalue weighted by Gasteiger charge is 2.23. The summed E-state index contributed by atoms with van der Waals surface area (Å²) < 4.78 is 10.3. The van der Waals surface area contributed by atoms with Crippen LogP contribution in [0.3, 0.4) is 0 Å². The zero-order valence-electron chi connectivity index (χ0n) is 12.9. The van der Waals surface area contributed by atoms with Crippen molar-refractivity contribution in [2.75, 3.05) is 19.0 Å². The Balaban J connectivity index is 1.91. The molecule has 124 valence electrons. The van der Waals surface area contributed by atoms with Crippen LogP contribution in [0.4, 0.5) is 10.5 Å². The molecule has 2 amide bonds. The molecule has 0 fully saturated rings. The molecule has 0 aliphatic carbocycles. The first-order chi connectivity index (χ1) is 10.9. The van der Waals surface area contributed by atoms with E-state index in [2.05, 4.69) is 10.6 Å². The lowest BCUT2D eigenvalue weighted by Crippen LogP contribution is -2.43. The largest absolute Gasteiger partial charge is 0.495 e. The summed E-state index contributed by atoms with van der Waals surface area (Å²) in [5, 5.41) is 16.0. The predicted octanol–water partition coefficient (Wildman–Crippen LogP) is 3.06. The van der Waals surface area contributed by atoms with Gasteiger partial charge in [-0.3, -0.25) is 0 Å². The molecule has 6 nitrogen and oxygen atoms in total. The Morgan fingerprint density at radius 3 is 2.87 bits per heavy atom. The van der Waals surface area contributed by atoms with Gasteiger partial charge in [0.25, 0.3) is 0 Å². The van der Waals surface area contributed by atoms with Crippen molar-refractivity contribution in [2.45, 2.75) is 18.9 Å². The lowest BCUT2D eigenvalue weighted by Gasteiger charge is -2.22. The summed E-state index contributed by atoms with van der Waals surface area (Å²) in [6, 6.07) is 7.96. The van der Waals surface area contributed by atoms with Gasteiger partial charge in [-0.1, -0.05) is 11.6 Å². The molecule has 0 saturated carbocycles. The fourth-order valence-corrected chi connectivity index (χ4v) is 2.24. The quantitative estimate of drug-likeness (QED) is 0.756. The topological polar surface area (TPSA) is 83.7 Å². The zero-order chi connectivity index (χ0) is 16.9. The number of amides is 2. The second-order valence-electron chi connectivity index (χ2n) is 5.41. The van der Waals surface area contributed by atoms with Gasteiger partial charge in [0.2, 0.25) is 0 Å². The highest BCUT2D eigenvalue weighted by molar-refractivity contribution is 6.31. The van der Waals surface area contributed by atoms with E-state index in [9.17, 15) is 9.90 Å². The average molecular weight is 339 g/mol. The molecule has 0 bridgehead atoms. The van der Waals surface area contributed by atoms with Gasteiger partial charge in [0.15, 0.2) is 0 Å². The molecule has 2 aromatic rings. The molecule has 2 rings (SSSR count). The predicted molar refractivity (Wildman–Crippen MR) is 88.1 cm³/mol. The number of ether oxygens (including phenoxy) is 1. The summed E-state index contributed by atoms with van der Waals surface area (Å²) in [5.74, 6) is 1.14. The summed E-state index contributed by atoms with van der Waals surface area (Å²) in [4.78, 5) is 12.0. The molecule has 0 radical (unpaired) electrons. The molecule has 0 aliphatic rings. The zero-order valence-corrected chi connectivity index (χ0v) is 13.7. The lowest BCUT2D eigenvalue weighted by atomic mass is 10.0. The van der Waals surface area contributed by atoms with Crippen molar-refractivity contribution < 1.29 is 19.1 Å². The van der Waals surface area contributed by atoms with E-state index in [0.717, 1.165) is 0 Å². The number of anilines is 1. The maximum Gasteiger partial charge on any atom is 0.319 e. The smallest absolute Gasteiger partial charge is 0.319 e. The van der Waals surface area contributed by atoms with Gasteiger partial charge in [-0.25, -0.2) is 4.79 Å². The number of halogens is 1. The van der Waals surface area contributed by atoms with Crippen LogP contribution in [0.1, 0.15) is 12.7 Å². The maximum absolute atomic E-state index is 12.0. The van der Waals surface area contributed by atoms with E-state index in [1.54, 1.807) is 37.3 Å². The van der Waals surface area contributed by atoms with Crippen molar-refractivity contribution in [3.05, 3.63) is 47.4 Å². The molecule has 1 aromatic carbocycles. The Hall–Kier alpha value is -2.18. The first-order valence-corrected chi connectivity index (χ1v) is 7.40. The number of carbonyl (C=O) groups is 1. The van der Waals surface area contributed by atoms with Gasteiger partial charge in [-0.05, 0) is 37.3 Å². The number of benzene rings is 1. The molecule has 0 aliphatic heterocycles. The Bertz CT molecular complexity index is 656. The molecular weight excluding hydrogens is 320 g/mol. The van der Waals surface area contributed by atoms with Crippen molar-refractivity contribution in [3.63, 3.8) is 0 Å². The van der Waals surface area contributed by atoms with E-state index in [4.69, 9.17) is 20.8 Å². The molecule has 0 spiro atoms. The van der Waals surface area contributed by atoms with Crippen LogP contribution in [0.2, 0.25) is 5.02 Å². The molecule has 1 heterocycles. The maximum atomic E-state index is 12.0. The van der Waals surface area contributed by atoms with Crippen LogP contribution in [0.25, 0.3) is 0 Å². The number of aliphatic hydroxyl groups is 1. The van der Waals surface area contributed by atoms with Gasteiger partial charge in [-0.15, -0.1) is 0 Å².